The van der Waals surface area contributed by atoms with Crippen molar-refractivity contribution < 1.29 is 9.53 Å². The van der Waals surface area contributed by atoms with E-state index in [1.165, 1.54) is 18.0 Å². The first-order valence-electron chi connectivity index (χ1n) is 9.19. The number of halogens is 1. The standard InChI is InChI=1S/C23H18ClN3O2S/c1-15(16-8-10-18(29-2)11-9-16)21-22(28)27(17-6-4-3-5-7-17)23(30-21)26-20-12-13-25-14-19(20)24/h3-14H,1-2H3/b21-15-,26-23?. The lowest BCUT2D eigenvalue weighted by molar-refractivity contribution is -0.113. The fraction of sp³-hybridized carbons (Fsp3) is 0.0870. The Morgan fingerprint density at radius 1 is 1.10 bits per heavy atom. The topological polar surface area (TPSA) is 54.8 Å². The molecule has 0 saturated carbocycles. The van der Waals surface area contributed by atoms with Crippen molar-refractivity contribution >= 4 is 51.4 Å². The van der Waals surface area contributed by atoms with Crippen molar-refractivity contribution in [1.82, 2.24) is 4.98 Å². The molecule has 4 rings (SSSR count). The van der Waals surface area contributed by atoms with Crippen LogP contribution >= 0.6 is 23.4 Å². The minimum atomic E-state index is -0.122. The lowest BCUT2D eigenvalue weighted by atomic mass is 10.1. The lowest BCUT2D eigenvalue weighted by Crippen LogP contribution is -2.28. The molecule has 2 heterocycles. The number of hydrogen-bond donors (Lipinski definition) is 0. The molecule has 5 nitrogen and oxygen atoms in total. The van der Waals surface area contributed by atoms with Gasteiger partial charge in [0.05, 0.1) is 28.4 Å². The lowest BCUT2D eigenvalue weighted by Gasteiger charge is -2.15. The molecule has 0 spiro atoms. The number of carbonyl (C=O) groups is 1. The Kier molecular flexibility index (Phi) is 5.88. The van der Waals surface area contributed by atoms with Gasteiger partial charge in [0.2, 0.25) is 0 Å². The number of thioether (sulfide) groups is 1. The fourth-order valence-electron chi connectivity index (χ4n) is 3.02. The maximum Gasteiger partial charge on any atom is 0.271 e. The molecule has 1 aromatic heterocycles. The molecule has 0 aliphatic carbocycles. The molecule has 3 aromatic rings. The third-order valence-corrected chi connectivity index (χ3v) is 6.06. The summed E-state index contributed by atoms with van der Waals surface area (Å²) in [5, 5.41) is 0.970. The van der Waals surface area contributed by atoms with Gasteiger partial charge in [0.15, 0.2) is 5.17 Å². The Morgan fingerprint density at radius 2 is 1.83 bits per heavy atom. The minimum Gasteiger partial charge on any atom is -0.497 e. The Hall–Kier alpha value is -3.09. The van der Waals surface area contributed by atoms with Gasteiger partial charge in [-0.15, -0.1) is 0 Å². The molecular weight excluding hydrogens is 418 g/mol. The van der Waals surface area contributed by atoms with Gasteiger partial charge in [0, 0.05) is 12.4 Å². The first kappa shape index (κ1) is 20.2. The summed E-state index contributed by atoms with van der Waals surface area (Å²) < 4.78 is 5.23. The van der Waals surface area contributed by atoms with Crippen molar-refractivity contribution in [1.29, 1.82) is 0 Å². The van der Waals surface area contributed by atoms with Crippen LogP contribution in [0.5, 0.6) is 5.75 Å². The molecule has 1 fully saturated rings. The average Bonchev–Trinajstić information content (AvgIpc) is 3.11. The van der Waals surface area contributed by atoms with E-state index < -0.39 is 0 Å². The van der Waals surface area contributed by atoms with Gasteiger partial charge >= 0.3 is 0 Å². The number of methoxy groups -OCH3 is 1. The summed E-state index contributed by atoms with van der Waals surface area (Å²) in [5.74, 6) is 0.644. The number of aliphatic imine (C=N–C) groups is 1. The second-order valence-corrected chi connectivity index (χ2v) is 7.87. The molecule has 0 unspecified atom stereocenters. The predicted molar refractivity (Wildman–Crippen MR) is 123 cm³/mol. The van der Waals surface area contributed by atoms with E-state index in [1.54, 1.807) is 24.3 Å². The van der Waals surface area contributed by atoms with Crippen molar-refractivity contribution in [2.24, 2.45) is 4.99 Å². The number of para-hydroxylation sites is 1. The Morgan fingerprint density at radius 3 is 2.50 bits per heavy atom. The van der Waals surface area contributed by atoms with Gasteiger partial charge in [-0.25, -0.2) is 4.99 Å². The molecule has 1 saturated heterocycles. The maximum absolute atomic E-state index is 13.4. The highest BCUT2D eigenvalue weighted by molar-refractivity contribution is 8.19. The summed E-state index contributed by atoms with van der Waals surface area (Å²) in [6, 6.07) is 18.8. The number of rotatable bonds is 4. The second-order valence-electron chi connectivity index (χ2n) is 6.48. The SMILES string of the molecule is COc1ccc(/C(C)=C2\SC(=Nc3ccncc3Cl)N(c3ccccc3)C2=O)cc1. The molecular formula is C23H18ClN3O2S. The third-order valence-electron chi connectivity index (χ3n) is 4.63. The number of allylic oxidation sites excluding steroid dienone is 1. The molecule has 1 amide bonds. The van der Waals surface area contributed by atoms with Gasteiger partial charge in [-0.2, -0.15) is 0 Å². The minimum absolute atomic E-state index is 0.122. The molecule has 1 aliphatic heterocycles. The highest BCUT2D eigenvalue weighted by Gasteiger charge is 2.36. The first-order chi connectivity index (χ1) is 14.6. The molecule has 30 heavy (non-hydrogen) atoms. The van der Waals surface area contributed by atoms with Gasteiger partial charge in [-0.05, 0) is 60.2 Å². The summed E-state index contributed by atoms with van der Waals surface area (Å²) >= 11 is 7.58. The highest BCUT2D eigenvalue weighted by atomic mass is 35.5. The van der Waals surface area contributed by atoms with E-state index in [0.717, 1.165) is 22.6 Å². The number of benzene rings is 2. The van der Waals surface area contributed by atoms with Gasteiger partial charge in [-0.1, -0.05) is 41.9 Å². The van der Waals surface area contributed by atoms with Gasteiger partial charge in [0.25, 0.3) is 5.91 Å². The number of nitrogens with zero attached hydrogens (tertiary/aromatic N) is 3. The van der Waals surface area contributed by atoms with Crippen molar-refractivity contribution in [3.8, 4) is 5.75 Å². The molecule has 0 atom stereocenters. The largest absolute Gasteiger partial charge is 0.497 e. The molecule has 0 radical (unpaired) electrons. The van der Waals surface area contributed by atoms with Crippen LogP contribution in [0.25, 0.3) is 5.57 Å². The van der Waals surface area contributed by atoms with Gasteiger partial charge in [0.1, 0.15) is 5.75 Å². The third kappa shape index (κ3) is 3.97. The quantitative estimate of drug-likeness (QED) is 0.475. The van der Waals surface area contributed by atoms with Crippen LogP contribution in [-0.4, -0.2) is 23.2 Å². The maximum atomic E-state index is 13.4. The molecule has 1 aliphatic rings. The number of pyridine rings is 1. The summed E-state index contributed by atoms with van der Waals surface area (Å²) in [4.78, 5) is 24.3. The zero-order chi connectivity index (χ0) is 21.1. The summed E-state index contributed by atoms with van der Waals surface area (Å²) in [6.45, 7) is 1.94. The van der Waals surface area contributed by atoms with E-state index in [9.17, 15) is 4.79 Å². The van der Waals surface area contributed by atoms with E-state index in [2.05, 4.69) is 9.98 Å². The Balaban J connectivity index is 1.81. The molecule has 2 aromatic carbocycles. The van der Waals surface area contributed by atoms with Crippen LogP contribution in [0.2, 0.25) is 5.02 Å². The summed E-state index contributed by atoms with van der Waals surface area (Å²) in [5.41, 5.74) is 3.13. The average molecular weight is 436 g/mol. The number of carbonyl (C=O) groups excluding carboxylic acids is 1. The van der Waals surface area contributed by atoms with Crippen LogP contribution in [-0.2, 0) is 4.79 Å². The molecule has 150 valence electrons. The zero-order valence-electron chi connectivity index (χ0n) is 16.4. The van der Waals surface area contributed by atoms with Crippen molar-refractivity contribution in [3.05, 3.63) is 88.5 Å². The van der Waals surface area contributed by atoms with Crippen molar-refractivity contribution in [2.45, 2.75) is 6.92 Å². The van der Waals surface area contributed by atoms with Crippen LogP contribution in [0.4, 0.5) is 11.4 Å². The molecule has 0 N–H and O–H groups in total. The summed E-state index contributed by atoms with van der Waals surface area (Å²) in [6.07, 6.45) is 3.16. The zero-order valence-corrected chi connectivity index (χ0v) is 17.9. The number of amides is 1. The van der Waals surface area contributed by atoms with Crippen LogP contribution in [0.3, 0.4) is 0 Å². The summed E-state index contributed by atoms with van der Waals surface area (Å²) in [7, 11) is 1.63. The van der Waals surface area contributed by atoms with Crippen molar-refractivity contribution in [3.63, 3.8) is 0 Å². The second kappa shape index (κ2) is 8.73. The Labute approximate surface area is 184 Å². The van der Waals surface area contributed by atoms with Crippen LogP contribution in [0, 0.1) is 0 Å². The van der Waals surface area contributed by atoms with Crippen LogP contribution in [0.1, 0.15) is 12.5 Å². The smallest absolute Gasteiger partial charge is 0.271 e. The number of aromatic nitrogens is 1. The normalized spacial score (nSPS) is 16.8. The van der Waals surface area contributed by atoms with Gasteiger partial charge in [-0.3, -0.25) is 14.7 Å². The van der Waals surface area contributed by atoms with Crippen LogP contribution in [0.15, 0.2) is 83.0 Å². The van der Waals surface area contributed by atoms with E-state index >= 15 is 0 Å². The molecule has 0 bridgehead atoms. The first-order valence-corrected chi connectivity index (χ1v) is 10.4. The fourth-order valence-corrected chi connectivity index (χ4v) is 4.23. The molecule has 7 heteroatoms. The van der Waals surface area contributed by atoms with Crippen molar-refractivity contribution in [2.75, 3.05) is 12.0 Å². The van der Waals surface area contributed by atoms with E-state index in [4.69, 9.17) is 16.3 Å². The van der Waals surface area contributed by atoms with Gasteiger partial charge < -0.3 is 4.74 Å². The van der Waals surface area contributed by atoms with E-state index in [0.29, 0.717) is 20.8 Å². The number of hydrogen-bond acceptors (Lipinski definition) is 5. The Bertz CT molecular complexity index is 1140. The highest BCUT2D eigenvalue weighted by Crippen LogP contribution is 2.40. The van der Waals surface area contributed by atoms with Crippen LogP contribution < -0.4 is 9.64 Å². The number of amidine groups is 1. The number of ether oxygens (including phenoxy) is 1. The van der Waals surface area contributed by atoms with E-state index in [1.807, 2.05) is 61.5 Å². The number of anilines is 1. The predicted octanol–water partition coefficient (Wildman–Crippen LogP) is 5.94. The monoisotopic (exact) mass is 435 g/mol. The van der Waals surface area contributed by atoms with E-state index in [-0.39, 0.29) is 5.91 Å².